The zero-order valence-electron chi connectivity index (χ0n) is 19.9. The summed E-state index contributed by atoms with van der Waals surface area (Å²) in [6, 6.07) is 6.00. The fourth-order valence-corrected chi connectivity index (χ4v) is 3.97. The molecule has 8 nitrogen and oxygen atoms in total. The highest BCUT2D eigenvalue weighted by molar-refractivity contribution is 5.67. The van der Waals surface area contributed by atoms with Gasteiger partial charge in [-0.2, -0.15) is 5.10 Å². The molecule has 0 aromatic carbocycles. The van der Waals surface area contributed by atoms with Crippen LogP contribution in [0.5, 0.6) is 0 Å². The largest absolute Gasteiger partial charge is 0.369 e. The molecule has 4 rings (SSSR count). The number of hydrogen-bond acceptors (Lipinski definition) is 6. The predicted octanol–water partition coefficient (Wildman–Crippen LogP) is 3.11. The predicted molar refractivity (Wildman–Crippen MR) is 129 cm³/mol. The van der Waals surface area contributed by atoms with E-state index in [1.165, 1.54) is 0 Å². The van der Waals surface area contributed by atoms with Crippen molar-refractivity contribution >= 4 is 16.9 Å². The summed E-state index contributed by atoms with van der Waals surface area (Å²) >= 11 is 0. The first-order valence-electron chi connectivity index (χ1n) is 11.0. The van der Waals surface area contributed by atoms with E-state index in [-0.39, 0.29) is 5.56 Å². The van der Waals surface area contributed by atoms with Crippen LogP contribution in [0.4, 0.5) is 5.69 Å². The first kappa shape index (κ1) is 22.0. The summed E-state index contributed by atoms with van der Waals surface area (Å²) in [5.41, 5.74) is 6.44. The number of fused-ring (bicyclic) bond motifs is 2. The maximum Gasteiger partial charge on any atom is 0.258 e. The molecule has 4 aromatic heterocycles. The molecule has 0 bridgehead atoms. The van der Waals surface area contributed by atoms with Crippen molar-refractivity contribution in [2.45, 2.75) is 40.7 Å². The van der Waals surface area contributed by atoms with Crippen molar-refractivity contribution in [3.05, 3.63) is 57.9 Å². The minimum atomic E-state index is -0.116. The van der Waals surface area contributed by atoms with E-state index in [4.69, 9.17) is 4.98 Å². The summed E-state index contributed by atoms with van der Waals surface area (Å²) < 4.78 is 3.45. The molecule has 4 aromatic rings. The number of aryl methyl sites for hydroxylation is 3. The van der Waals surface area contributed by atoms with Gasteiger partial charge in [-0.25, -0.2) is 9.50 Å². The molecule has 0 saturated carbocycles. The highest BCUT2D eigenvalue weighted by Crippen LogP contribution is 2.23. The van der Waals surface area contributed by atoms with Crippen molar-refractivity contribution in [2.24, 2.45) is 0 Å². The fourth-order valence-electron chi connectivity index (χ4n) is 3.97. The van der Waals surface area contributed by atoms with Crippen LogP contribution in [-0.2, 0) is 0 Å². The van der Waals surface area contributed by atoms with Crippen molar-refractivity contribution in [3.63, 3.8) is 0 Å². The Morgan fingerprint density at radius 1 is 1.03 bits per heavy atom. The Labute approximate surface area is 188 Å². The molecule has 0 unspecified atom stereocenters. The topological polar surface area (TPSA) is 71.0 Å². The van der Waals surface area contributed by atoms with Gasteiger partial charge < -0.3 is 9.80 Å². The lowest BCUT2D eigenvalue weighted by atomic mass is 10.2. The minimum Gasteiger partial charge on any atom is -0.369 e. The zero-order chi connectivity index (χ0) is 23.2. The standard InChI is InChI=1S/C24H31N7O/c1-8-29(13-17(4)28(6)7)19-9-15(2)24-26-20(11-23(32)30(24)14-19)21-10-22-18(5)25-16(3)12-31(22)27-21/h9-12,14,17H,8,13H2,1-7H3/t17-/m0/s1. The van der Waals surface area contributed by atoms with Crippen LogP contribution in [0.15, 0.2) is 35.4 Å². The van der Waals surface area contributed by atoms with Gasteiger partial charge in [-0.15, -0.1) is 0 Å². The quantitative estimate of drug-likeness (QED) is 0.465. The van der Waals surface area contributed by atoms with Gasteiger partial charge >= 0.3 is 0 Å². The average molecular weight is 434 g/mol. The van der Waals surface area contributed by atoms with Crippen LogP contribution >= 0.6 is 0 Å². The van der Waals surface area contributed by atoms with Gasteiger partial charge in [0, 0.05) is 31.4 Å². The second kappa shape index (κ2) is 8.35. The van der Waals surface area contributed by atoms with E-state index in [2.05, 4.69) is 53.9 Å². The number of anilines is 1. The third kappa shape index (κ3) is 3.98. The van der Waals surface area contributed by atoms with Gasteiger partial charge in [-0.1, -0.05) is 0 Å². The maximum atomic E-state index is 13.1. The third-order valence-corrected chi connectivity index (χ3v) is 6.07. The number of pyridine rings is 1. The molecule has 0 aliphatic rings. The Morgan fingerprint density at radius 2 is 1.78 bits per heavy atom. The van der Waals surface area contributed by atoms with Gasteiger partial charge in [0.1, 0.15) is 11.3 Å². The fraction of sp³-hybridized carbons (Fsp3) is 0.417. The van der Waals surface area contributed by atoms with Gasteiger partial charge in [0.25, 0.3) is 5.56 Å². The summed E-state index contributed by atoms with van der Waals surface area (Å²) in [5, 5.41) is 4.64. The lowest BCUT2D eigenvalue weighted by molar-refractivity contribution is 0.315. The molecule has 0 fully saturated rings. The van der Waals surface area contributed by atoms with Crippen LogP contribution in [0.25, 0.3) is 22.6 Å². The summed E-state index contributed by atoms with van der Waals surface area (Å²) in [5.74, 6) is 0. The van der Waals surface area contributed by atoms with E-state index in [0.29, 0.717) is 23.1 Å². The number of likely N-dealkylation sites (N-methyl/N-ethyl adjacent to an activating group) is 2. The van der Waals surface area contributed by atoms with E-state index >= 15 is 0 Å². The smallest absolute Gasteiger partial charge is 0.258 e. The number of hydrogen-bond donors (Lipinski definition) is 0. The van der Waals surface area contributed by atoms with Crippen molar-refractivity contribution < 1.29 is 0 Å². The second-order valence-electron chi connectivity index (χ2n) is 8.73. The van der Waals surface area contributed by atoms with Gasteiger partial charge in [0.15, 0.2) is 0 Å². The van der Waals surface area contributed by atoms with Crippen molar-refractivity contribution in [2.75, 3.05) is 32.1 Å². The van der Waals surface area contributed by atoms with Crippen LogP contribution in [-0.4, -0.2) is 62.1 Å². The van der Waals surface area contributed by atoms with E-state index in [1.54, 1.807) is 15.0 Å². The molecule has 32 heavy (non-hydrogen) atoms. The SMILES string of the molecule is CCN(C[C@H](C)N(C)C)c1cc(C)c2nc(-c3cc4c(C)nc(C)cn4n3)cc(=O)n2c1. The Hall–Kier alpha value is -3.26. The van der Waals surface area contributed by atoms with Gasteiger partial charge in [0.2, 0.25) is 0 Å². The van der Waals surface area contributed by atoms with Crippen LogP contribution in [0.3, 0.4) is 0 Å². The molecule has 168 valence electrons. The lowest BCUT2D eigenvalue weighted by Crippen LogP contribution is -2.38. The number of nitrogens with zero attached hydrogens (tertiary/aromatic N) is 7. The minimum absolute atomic E-state index is 0.116. The molecule has 0 radical (unpaired) electrons. The molecular weight excluding hydrogens is 402 g/mol. The molecule has 4 heterocycles. The Morgan fingerprint density at radius 3 is 2.47 bits per heavy atom. The van der Waals surface area contributed by atoms with Gasteiger partial charge in [-0.3, -0.25) is 14.2 Å². The van der Waals surface area contributed by atoms with Crippen molar-refractivity contribution in [1.29, 1.82) is 0 Å². The molecular formula is C24H31N7O. The molecule has 0 N–H and O–H groups in total. The molecule has 0 amide bonds. The van der Waals surface area contributed by atoms with Crippen LogP contribution < -0.4 is 10.5 Å². The van der Waals surface area contributed by atoms with E-state index in [0.717, 1.165) is 41.2 Å². The van der Waals surface area contributed by atoms with E-state index < -0.39 is 0 Å². The molecule has 1 atom stereocenters. The van der Waals surface area contributed by atoms with Crippen molar-refractivity contribution in [1.82, 2.24) is 28.9 Å². The molecule has 0 spiro atoms. The Kier molecular flexibility index (Phi) is 5.73. The van der Waals surface area contributed by atoms with Gasteiger partial charge in [-0.05, 0) is 66.4 Å². The molecule has 8 heteroatoms. The second-order valence-corrected chi connectivity index (χ2v) is 8.73. The Bertz CT molecular complexity index is 1350. The summed E-state index contributed by atoms with van der Waals surface area (Å²) in [6.07, 6.45) is 3.78. The van der Waals surface area contributed by atoms with Gasteiger partial charge in [0.05, 0.1) is 34.5 Å². The van der Waals surface area contributed by atoms with Crippen LogP contribution in [0.1, 0.15) is 30.8 Å². The zero-order valence-corrected chi connectivity index (χ0v) is 19.9. The highest BCUT2D eigenvalue weighted by Gasteiger charge is 2.16. The van der Waals surface area contributed by atoms with Crippen LogP contribution in [0, 0.1) is 20.8 Å². The van der Waals surface area contributed by atoms with E-state index in [9.17, 15) is 4.79 Å². The Balaban J connectivity index is 1.80. The highest BCUT2D eigenvalue weighted by atomic mass is 16.1. The van der Waals surface area contributed by atoms with Crippen molar-refractivity contribution in [3.8, 4) is 11.4 Å². The average Bonchev–Trinajstić information content (AvgIpc) is 3.16. The molecule has 0 saturated heterocycles. The normalized spacial score (nSPS) is 12.8. The summed E-state index contributed by atoms with van der Waals surface area (Å²) in [7, 11) is 4.16. The monoisotopic (exact) mass is 433 g/mol. The number of rotatable bonds is 6. The first-order chi connectivity index (χ1) is 15.2. The summed E-state index contributed by atoms with van der Waals surface area (Å²) in [4.78, 5) is 26.9. The maximum absolute atomic E-state index is 13.1. The third-order valence-electron chi connectivity index (χ3n) is 6.07. The lowest BCUT2D eigenvalue weighted by Gasteiger charge is -2.30. The van der Waals surface area contributed by atoms with Crippen LogP contribution in [0.2, 0.25) is 0 Å². The molecule has 0 aliphatic carbocycles. The summed E-state index contributed by atoms with van der Waals surface area (Å²) in [6.45, 7) is 12.0. The number of aromatic nitrogens is 5. The molecule has 0 aliphatic heterocycles. The first-order valence-corrected chi connectivity index (χ1v) is 11.0. The van der Waals surface area contributed by atoms with E-state index in [1.807, 2.05) is 39.2 Å².